The number of carbonyl (C=O) groups is 1. The van der Waals surface area contributed by atoms with Gasteiger partial charge in [-0.1, -0.05) is 20.8 Å². The highest BCUT2D eigenvalue weighted by Gasteiger charge is 2.28. The van der Waals surface area contributed by atoms with Gasteiger partial charge in [0.05, 0.1) is 0 Å². The minimum atomic E-state index is -0.502. The number of hydrogen-bond acceptors (Lipinski definition) is 2. The third-order valence-electron chi connectivity index (χ3n) is 2.82. The quantitative estimate of drug-likeness (QED) is 0.856. The van der Waals surface area contributed by atoms with Crippen LogP contribution in [0.3, 0.4) is 0 Å². The number of aromatic nitrogens is 1. The van der Waals surface area contributed by atoms with Gasteiger partial charge in [-0.05, 0) is 29.9 Å². The summed E-state index contributed by atoms with van der Waals surface area (Å²) in [5.74, 6) is -0.908. The van der Waals surface area contributed by atoms with Crippen LogP contribution in [0.25, 0.3) is 0 Å². The molecule has 3 nitrogen and oxygen atoms in total. The maximum atomic E-state index is 14.2. The molecular weight excluding hydrogens is 219 g/mol. The van der Waals surface area contributed by atoms with Crippen LogP contribution in [0, 0.1) is 5.82 Å². The SMILES string of the molecule is CC(C)(C)c1ccnc(C(=O)NC2CC2)c1F. The molecule has 0 saturated heterocycles. The molecule has 0 aliphatic heterocycles. The van der Waals surface area contributed by atoms with Crippen molar-refractivity contribution >= 4 is 5.91 Å². The molecule has 0 aromatic carbocycles. The highest BCUT2D eigenvalue weighted by Crippen LogP contribution is 2.26. The fourth-order valence-corrected chi connectivity index (χ4v) is 1.66. The summed E-state index contributed by atoms with van der Waals surface area (Å²) in [5, 5.41) is 2.75. The number of pyridine rings is 1. The van der Waals surface area contributed by atoms with Crippen molar-refractivity contribution in [3.05, 3.63) is 29.3 Å². The van der Waals surface area contributed by atoms with Crippen LogP contribution in [0.4, 0.5) is 4.39 Å². The molecule has 2 rings (SSSR count). The first-order chi connectivity index (χ1) is 7.89. The summed E-state index contributed by atoms with van der Waals surface area (Å²) < 4.78 is 14.2. The number of amides is 1. The summed E-state index contributed by atoms with van der Waals surface area (Å²) >= 11 is 0. The van der Waals surface area contributed by atoms with Gasteiger partial charge in [-0.25, -0.2) is 9.37 Å². The Hall–Kier alpha value is -1.45. The Kier molecular flexibility index (Phi) is 2.89. The van der Waals surface area contributed by atoms with Crippen molar-refractivity contribution in [2.75, 3.05) is 0 Å². The highest BCUT2D eigenvalue weighted by atomic mass is 19.1. The van der Waals surface area contributed by atoms with Crippen LogP contribution < -0.4 is 5.32 Å². The van der Waals surface area contributed by atoms with Crippen molar-refractivity contribution in [2.45, 2.75) is 45.1 Å². The normalized spacial score (nSPS) is 15.8. The van der Waals surface area contributed by atoms with E-state index in [1.165, 1.54) is 6.20 Å². The van der Waals surface area contributed by atoms with Crippen LogP contribution in [-0.2, 0) is 5.41 Å². The molecule has 1 amide bonds. The van der Waals surface area contributed by atoms with Gasteiger partial charge < -0.3 is 5.32 Å². The lowest BCUT2D eigenvalue weighted by Crippen LogP contribution is -2.28. The van der Waals surface area contributed by atoms with Crippen LogP contribution in [-0.4, -0.2) is 16.9 Å². The van der Waals surface area contributed by atoms with Crippen LogP contribution >= 0.6 is 0 Å². The molecule has 1 aliphatic carbocycles. The van der Waals surface area contributed by atoms with Gasteiger partial charge >= 0.3 is 0 Å². The fraction of sp³-hybridized carbons (Fsp3) is 0.538. The number of nitrogens with zero attached hydrogens (tertiary/aromatic N) is 1. The van der Waals surface area contributed by atoms with Gasteiger partial charge in [-0.3, -0.25) is 4.79 Å². The number of nitrogens with one attached hydrogen (secondary N) is 1. The van der Waals surface area contributed by atoms with E-state index < -0.39 is 11.7 Å². The Morgan fingerprint density at radius 1 is 1.47 bits per heavy atom. The second kappa shape index (κ2) is 4.09. The van der Waals surface area contributed by atoms with Crippen molar-refractivity contribution in [2.24, 2.45) is 0 Å². The Morgan fingerprint density at radius 3 is 2.65 bits per heavy atom. The minimum Gasteiger partial charge on any atom is -0.348 e. The molecule has 1 aromatic heterocycles. The van der Waals surface area contributed by atoms with Gasteiger partial charge in [0.1, 0.15) is 0 Å². The maximum Gasteiger partial charge on any atom is 0.273 e. The Balaban J connectivity index is 2.31. The van der Waals surface area contributed by atoms with Crippen molar-refractivity contribution in [3.63, 3.8) is 0 Å². The molecule has 0 radical (unpaired) electrons. The van der Waals surface area contributed by atoms with Crippen LogP contribution in [0.5, 0.6) is 0 Å². The van der Waals surface area contributed by atoms with Crippen LogP contribution in [0.1, 0.15) is 49.7 Å². The van der Waals surface area contributed by atoms with Gasteiger partial charge in [-0.15, -0.1) is 0 Å². The lowest BCUT2D eigenvalue weighted by atomic mass is 9.87. The highest BCUT2D eigenvalue weighted by molar-refractivity contribution is 5.93. The van der Waals surface area contributed by atoms with Crippen LogP contribution in [0.2, 0.25) is 0 Å². The molecule has 0 spiro atoms. The molecule has 0 atom stereocenters. The zero-order chi connectivity index (χ0) is 12.6. The summed E-state index contributed by atoms with van der Waals surface area (Å²) in [6.07, 6.45) is 3.45. The maximum absolute atomic E-state index is 14.2. The van der Waals surface area contributed by atoms with Gasteiger partial charge in [-0.2, -0.15) is 0 Å². The largest absolute Gasteiger partial charge is 0.348 e. The van der Waals surface area contributed by atoms with E-state index in [9.17, 15) is 9.18 Å². The van der Waals surface area contributed by atoms with E-state index in [0.717, 1.165) is 12.8 Å². The summed E-state index contributed by atoms with van der Waals surface area (Å²) in [4.78, 5) is 15.6. The molecule has 0 unspecified atom stereocenters. The Labute approximate surface area is 100 Å². The smallest absolute Gasteiger partial charge is 0.273 e. The number of hydrogen-bond donors (Lipinski definition) is 1. The monoisotopic (exact) mass is 236 g/mol. The second-order valence-corrected chi connectivity index (χ2v) is 5.52. The van der Waals surface area contributed by atoms with E-state index in [-0.39, 0.29) is 17.2 Å². The first-order valence-corrected chi connectivity index (χ1v) is 5.85. The average molecular weight is 236 g/mol. The van der Waals surface area contributed by atoms with Crippen molar-refractivity contribution < 1.29 is 9.18 Å². The zero-order valence-corrected chi connectivity index (χ0v) is 10.4. The van der Waals surface area contributed by atoms with E-state index in [2.05, 4.69) is 10.3 Å². The van der Waals surface area contributed by atoms with E-state index in [1.54, 1.807) is 6.07 Å². The Bertz CT molecular complexity index is 447. The predicted molar refractivity (Wildman–Crippen MR) is 63.4 cm³/mol. The van der Waals surface area contributed by atoms with Gasteiger partial charge in [0.2, 0.25) is 0 Å². The first kappa shape index (κ1) is 12.0. The molecule has 1 heterocycles. The summed E-state index contributed by atoms with van der Waals surface area (Å²) in [6, 6.07) is 1.84. The molecule has 1 aliphatic rings. The van der Waals surface area contributed by atoms with E-state index >= 15 is 0 Å². The molecule has 1 saturated carbocycles. The number of carbonyl (C=O) groups excluding carboxylic acids is 1. The number of halogens is 1. The zero-order valence-electron chi connectivity index (χ0n) is 10.4. The van der Waals surface area contributed by atoms with E-state index in [0.29, 0.717) is 5.56 Å². The number of rotatable bonds is 2. The van der Waals surface area contributed by atoms with E-state index in [4.69, 9.17) is 0 Å². The van der Waals surface area contributed by atoms with Gasteiger partial charge in [0.25, 0.3) is 5.91 Å². The molecule has 92 valence electrons. The standard InChI is InChI=1S/C13H17FN2O/c1-13(2,3)9-6-7-15-11(10(9)14)12(17)16-8-4-5-8/h6-8H,4-5H2,1-3H3,(H,16,17). The minimum absolute atomic E-state index is 0.0932. The average Bonchev–Trinajstić information content (AvgIpc) is 3.00. The summed E-state index contributed by atoms with van der Waals surface area (Å²) in [6.45, 7) is 5.73. The third kappa shape index (κ3) is 2.62. The topological polar surface area (TPSA) is 42.0 Å². The third-order valence-corrected chi connectivity index (χ3v) is 2.82. The summed E-state index contributed by atoms with van der Waals surface area (Å²) in [5.41, 5.74) is 0.0968. The van der Waals surface area contributed by atoms with Gasteiger partial charge in [0, 0.05) is 12.2 Å². The van der Waals surface area contributed by atoms with Crippen molar-refractivity contribution in [1.29, 1.82) is 0 Å². The first-order valence-electron chi connectivity index (χ1n) is 5.85. The van der Waals surface area contributed by atoms with Crippen molar-refractivity contribution in [3.8, 4) is 0 Å². The molecular formula is C13H17FN2O. The predicted octanol–water partition coefficient (Wildman–Crippen LogP) is 2.41. The van der Waals surface area contributed by atoms with Gasteiger partial charge in [0.15, 0.2) is 11.5 Å². The molecule has 1 N–H and O–H groups in total. The lowest BCUT2D eigenvalue weighted by molar-refractivity contribution is 0.0941. The van der Waals surface area contributed by atoms with E-state index in [1.807, 2.05) is 20.8 Å². The Morgan fingerprint density at radius 2 is 2.12 bits per heavy atom. The second-order valence-electron chi connectivity index (χ2n) is 5.52. The molecule has 1 aromatic rings. The summed E-state index contributed by atoms with van der Waals surface area (Å²) in [7, 11) is 0. The molecule has 1 fully saturated rings. The fourth-order valence-electron chi connectivity index (χ4n) is 1.66. The molecule has 4 heteroatoms. The molecule has 17 heavy (non-hydrogen) atoms. The lowest BCUT2D eigenvalue weighted by Gasteiger charge is -2.20. The molecule has 0 bridgehead atoms. The van der Waals surface area contributed by atoms with Crippen molar-refractivity contribution in [1.82, 2.24) is 10.3 Å². The van der Waals surface area contributed by atoms with Crippen LogP contribution in [0.15, 0.2) is 12.3 Å².